The van der Waals surface area contributed by atoms with Gasteiger partial charge in [0.1, 0.15) is 0 Å². The summed E-state index contributed by atoms with van der Waals surface area (Å²) in [6.45, 7) is 0. The Morgan fingerprint density at radius 2 is 2.14 bits per heavy atom. The minimum Gasteiger partial charge on any atom is -0.490 e. The third-order valence-electron chi connectivity index (χ3n) is 5.43. The van der Waals surface area contributed by atoms with E-state index in [4.69, 9.17) is 16.3 Å². The van der Waals surface area contributed by atoms with E-state index in [9.17, 15) is 20.0 Å². The summed E-state index contributed by atoms with van der Waals surface area (Å²) in [5.41, 5.74) is 2.31. The summed E-state index contributed by atoms with van der Waals surface area (Å²) in [6.07, 6.45) is 4.88. The van der Waals surface area contributed by atoms with Crippen molar-refractivity contribution in [2.45, 2.75) is 18.4 Å². The lowest BCUT2D eigenvalue weighted by molar-refractivity contribution is -0.385. The molecule has 0 saturated heterocycles. The van der Waals surface area contributed by atoms with Gasteiger partial charge < -0.3 is 15.2 Å². The number of fused-ring (bicyclic) bond motifs is 3. The normalized spacial score (nSPS) is 22.1. The molecule has 28 heavy (non-hydrogen) atoms. The van der Waals surface area contributed by atoms with Crippen LogP contribution < -0.4 is 10.1 Å². The zero-order valence-electron chi connectivity index (χ0n) is 14.9. The number of rotatable bonds is 4. The van der Waals surface area contributed by atoms with E-state index in [-0.39, 0.29) is 34.9 Å². The molecule has 4 rings (SSSR count). The van der Waals surface area contributed by atoms with E-state index in [2.05, 4.69) is 17.5 Å². The second-order valence-corrected chi connectivity index (χ2v) is 7.30. The first-order valence-electron chi connectivity index (χ1n) is 8.73. The van der Waals surface area contributed by atoms with Crippen molar-refractivity contribution in [3.63, 3.8) is 0 Å². The molecule has 144 valence electrons. The van der Waals surface area contributed by atoms with Gasteiger partial charge in [-0.15, -0.1) is 0 Å². The lowest BCUT2D eigenvalue weighted by Gasteiger charge is -2.38. The summed E-state index contributed by atoms with van der Waals surface area (Å²) in [7, 11) is 1.40. The van der Waals surface area contributed by atoms with Crippen molar-refractivity contribution in [3.05, 3.63) is 74.3 Å². The van der Waals surface area contributed by atoms with Gasteiger partial charge in [0, 0.05) is 12.0 Å². The van der Waals surface area contributed by atoms with Crippen molar-refractivity contribution in [1.82, 2.24) is 0 Å². The Balaban J connectivity index is 1.81. The van der Waals surface area contributed by atoms with Gasteiger partial charge in [-0.05, 0) is 41.7 Å². The molecule has 2 aromatic carbocycles. The Kier molecular flexibility index (Phi) is 4.47. The Hall–Kier alpha value is -3.06. The summed E-state index contributed by atoms with van der Waals surface area (Å²) in [5, 5.41) is 24.5. The van der Waals surface area contributed by atoms with Crippen LogP contribution in [0.1, 0.15) is 39.9 Å². The van der Waals surface area contributed by atoms with E-state index in [1.807, 2.05) is 6.07 Å². The lowest BCUT2D eigenvalue weighted by Crippen LogP contribution is -2.29. The van der Waals surface area contributed by atoms with Crippen molar-refractivity contribution >= 4 is 28.9 Å². The average molecular weight is 401 g/mol. The SMILES string of the molecule is COc1ccc([C@@H]2Nc3c(Cl)cc(C(=O)O)cc3[C@@H]3C=CC[C@@H]32)cc1[N+](=O)[O-]. The van der Waals surface area contributed by atoms with Crippen molar-refractivity contribution in [1.29, 1.82) is 0 Å². The first kappa shape index (κ1) is 18.3. The average Bonchev–Trinajstić information content (AvgIpc) is 3.17. The van der Waals surface area contributed by atoms with Gasteiger partial charge in [-0.2, -0.15) is 0 Å². The van der Waals surface area contributed by atoms with Gasteiger partial charge in [-0.3, -0.25) is 10.1 Å². The molecule has 1 aliphatic carbocycles. The van der Waals surface area contributed by atoms with Crippen LogP contribution in [0.25, 0.3) is 0 Å². The molecule has 0 spiro atoms. The van der Waals surface area contributed by atoms with Crippen LogP contribution in [0.3, 0.4) is 0 Å². The van der Waals surface area contributed by atoms with Gasteiger partial charge in [0.25, 0.3) is 0 Å². The highest BCUT2D eigenvalue weighted by Gasteiger charge is 2.39. The number of halogens is 1. The van der Waals surface area contributed by atoms with Crippen molar-refractivity contribution in [3.8, 4) is 5.75 Å². The highest BCUT2D eigenvalue weighted by Crippen LogP contribution is 2.52. The van der Waals surface area contributed by atoms with E-state index >= 15 is 0 Å². The van der Waals surface area contributed by atoms with E-state index in [1.54, 1.807) is 12.1 Å². The Morgan fingerprint density at radius 3 is 2.82 bits per heavy atom. The maximum absolute atomic E-state index is 11.4. The van der Waals surface area contributed by atoms with Crippen LogP contribution in [0.2, 0.25) is 5.02 Å². The molecule has 2 aromatic rings. The summed E-state index contributed by atoms with van der Waals surface area (Å²) in [6, 6.07) is 7.79. The van der Waals surface area contributed by atoms with Crippen LogP contribution >= 0.6 is 11.6 Å². The Bertz CT molecular complexity index is 1020. The van der Waals surface area contributed by atoms with Crippen LogP contribution in [0.15, 0.2) is 42.5 Å². The number of allylic oxidation sites excluding steroid dienone is 2. The Labute approximate surface area is 165 Å². The predicted molar refractivity (Wildman–Crippen MR) is 104 cm³/mol. The minimum absolute atomic E-state index is 0.0146. The molecule has 0 saturated carbocycles. The first-order valence-corrected chi connectivity index (χ1v) is 9.10. The zero-order valence-corrected chi connectivity index (χ0v) is 15.6. The van der Waals surface area contributed by atoms with Gasteiger partial charge in [-0.25, -0.2) is 4.79 Å². The van der Waals surface area contributed by atoms with Gasteiger partial charge in [0.2, 0.25) is 0 Å². The molecule has 1 aliphatic heterocycles. The van der Waals surface area contributed by atoms with E-state index in [0.717, 1.165) is 17.5 Å². The molecule has 1 heterocycles. The van der Waals surface area contributed by atoms with Crippen LogP contribution in [-0.2, 0) is 0 Å². The molecule has 2 aliphatic rings. The number of nitro groups is 1. The summed E-state index contributed by atoms with van der Waals surface area (Å²) >= 11 is 6.39. The molecule has 0 unspecified atom stereocenters. The number of hydrogen-bond donors (Lipinski definition) is 2. The van der Waals surface area contributed by atoms with E-state index in [0.29, 0.717) is 10.7 Å². The second-order valence-electron chi connectivity index (χ2n) is 6.89. The number of anilines is 1. The number of carboxylic acid groups (broad SMARTS) is 1. The van der Waals surface area contributed by atoms with Crippen LogP contribution in [0, 0.1) is 16.0 Å². The third kappa shape index (κ3) is 2.88. The lowest BCUT2D eigenvalue weighted by atomic mass is 9.76. The van der Waals surface area contributed by atoms with Crippen LogP contribution in [-0.4, -0.2) is 23.1 Å². The number of carboxylic acids is 1. The molecule has 0 bridgehead atoms. The number of methoxy groups -OCH3 is 1. The number of aromatic carboxylic acids is 1. The quantitative estimate of drug-likeness (QED) is 0.435. The number of ether oxygens (including phenoxy) is 1. The molecule has 0 aromatic heterocycles. The topological polar surface area (TPSA) is 102 Å². The fraction of sp³-hybridized carbons (Fsp3) is 0.250. The molecule has 2 N–H and O–H groups in total. The second kappa shape index (κ2) is 6.83. The number of nitro benzene ring substituents is 1. The van der Waals surface area contributed by atoms with E-state index < -0.39 is 10.9 Å². The van der Waals surface area contributed by atoms with Crippen molar-refractivity contribution in [2.24, 2.45) is 5.92 Å². The van der Waals surface area contributed by atoms with Crippen molar-refractivity contribution in [2.75, 3.05) is 12.4 Å². The number of nitrogens with zero attached hydrogens (tertiary/aromatic N) is 1. The van der Waals surface area contributed by atoms with Gasteiger partial charge in [0.05, 0.1) is 34.3 Å². The Morgan fingerprint density at radius 1 is 1.36 bits per heavy atom. The zero-order chi connectivity index (χ0) is 20.0. The maximum atomic E-state index is 11.4. The molecule has 8 heteroatoms. The molecule has 0 amide bonds. The summed E-state index contributed by atoms with van der Waals surface area (Å²) < 4.78 is 5.10. The predicted octanol–water partition coefficient (Wildman–Crippen LogP) is 4.78. The highest BCUT2D eigenvalue weighted by molar-refractivity contribution is 6.33. The number of hydrogen-bond acceptors (Lipinski definition) is 5. The molecule has 0 radical (unpaired) electrons. The third-order valence-corrected chi connectivity index (χ3v) is 5.72. The van der Waals surface area contributed by atoms with Gasteiger partial charge in [-0.1, -0.05) is 29.8 Å². The number of carbonyl (C=O) groups is 1. The summed E-state index contributed by atoms with van der Waals surface area (Å²) in [5.74, 6) is -0.744. The highest BCUT2D eigenvalue weighted by atomic mass is 35.5. The molecule has 0 fully saturated rings. The largest absolute Gasteiger partial charge is 0.490 e. The van der Waals surface area contributed by atoms with Gasteiger partial charge >= 0.3 is 11.7 Å². The number of benzene rings is 2. The fourth-order valence-electron chi connectivity index (χ4n) is 4.15. The first-order chi connectivity index (χ1) is 13.4. The van der Waals surface area contributed by atoms with Crippen LogP contribution in [0.5, 0.6) is 5.75 Å². The fourth-order valence-corrected chi connectivity index (χ4v) is 4.43. The molecule has 3 atom stereocenters. The van der Waals surface area contributed by atoms with E-state index in [1.165, 1.54) is 19.2 Å². The molecular weight excluding hydrogens is 384 g/mol. The van der Waals surface area contributed by atoms with Crippen molar-refractivity contribution < 1.29 is 19.6 Å². The monoisotopic (exact) mass is 400 g/mol. The standard InChI is InChI=1S/C20H17ClN2O5/c1-28-17-6-5-10(9-16(17)23(26)27)18-13-4-2-3-12(13)14-7-11(20(24)25)8-15(21)19(14)22-18/h2-3,5-9,12-13,18,22H,4H2,1H3,(H,24,25)/t12-,13+,18+/m1/s1. The molecular formula is C20H17ClN2O5. The minimum atomic E-state index is -1.03. The number of nitrogens with one attached hydrogen (secondary N) is 1. The van der Waals surface area contributed by atoms with Crippen LogP contribution in [0.4, 0.5) is 11.4 Å². The maximum Gasteiger partial charge on any atom is 0.335 e. The van der Waals surface area contributed by atoms with Gasteiger partial charge in [0.15, 0.2) is 5.75 Å². The molecule has 7 nitrogen and oxygen atoms in total. The smallest absolute Gasteiger partial charge is 0.335 e. The summed E-state index contributed by atoms with van der Waals surface area (Å²) in [4.78, 5) is 22.4.